The van der Waals surface area contributed by atoms with Gasteiger partial charge in [0.2, 0.25) is 0 Å². The Bertz CT molecular complexity index is 354. The fourth-order valence-corrected chi connectivity index (χ4v) is 1.44. The highest BCUT2D eigenvalue weighted by Crippen LogP contribution is 2.24. The number of nitro groups is 1. The van der Waals surface area contributed by atoms with Gasteiger partial charge >= 0.3 is 0 Å². The third kappa shape index (κ3) is 2.76. The molecule has 0 bridgehead atoms. The zero-order valence-corrected chi connectivity index (χ0v) is 9.06. The Labute approximate surface area is 89.2 Å². The summed E-state index contributed by atoms with van der Waals surface area (Å²) < 4.78 is 0.647. The van der Waals surface area contributed by atoms with Crippen molar-refractivity contribution in [3.8, 4) is 0 Å². The molecular formula is C8H9BrN2O3. The van der Waals surface area contributed by atoms with Gasteiger partial charge in [-0.15, -0.1) is 0 Å². The number of halogens is 1. The Morgan fingerprint density at radius 2 is 2.29 bits per heavy atom. The molecule has 0 unspecified atom stereocenters. The van der Waals surface area contributed by atoms with Crippen LogP contribution in [0.25, 0.3) is 0 Å². The van der Waals surface area contributed by atoms with Crippen LogP contribution in [0.5, 0.6) is 0 Å². The van der Waals surface area contributed by atoms with Gasteiger partial charge < -0.3 is 5.21 Å². The molecule has 0 saturated carbocycles. The number of hydroxylamine groups is 2. The van der Waals surface area contributed by atoms with Gasteiger partial charge in [-0.2, -0.15) is 5.06 Å². The highest BCUT2D eigenvalue weighted by atomic mass is 79.9. The predicted molar refractivity (Wildman–Crippen MR) is 54.0 cm³/mol. The quantitative estimate of drug-likeness (QED) is 0.668. The first-order valence-corrected chi connectivity index (χ1v) is 4.63. The van der Waals surface area contributed by atoms with Gasteiger partial charge in [-0.3, -0.25) is 10.1 Å². The van der Waals surface area contributed by atoms with E-state index in [0.717, 1.165) is 5.06 Å². The molecular weight excluding hydrogens is 252 g/mol. The highest BCUT2D eigenvalue weighted by Gasteiger charge is 2.14. The second-order valence-corrected chi connectivity index (χ2v) is 3.76. The van der Waals surface area contributed by atoms with Gasteiger partial charge in [0.25, 0.3) is 5.69 Å². The molecule has 0 radical (unpaired) electrons. The lowest BCUT2D eigenvalue weighted by atomic mass is 10.2. The van der Waals surface area contributed by atoms with Gasteiger partial charge in [0.05, 0.1) is 11.5 Å². The van der Waals surface area contributed by atoms with E-state index in [1.807, 2.05) is 0 Å². The number of hydrogen-bond donors (Lipinski definition) is 1. The topological polar surface area (TPSA) is 66.6 Å². The maximum atomic E-state index is 10.6. The van der Waals surface area contributed by atoms with E-state index in [1.54, 1.807) is 12.1 Å². The van der Waals surface area contributed by atoms with Gasteiger partial charge in [0.1, 0.15) is 0 Å². The van der Waals surface area contributed by atoms with Crippen LogP contribution in [0.3, 0.4) is 0 Å². The third-order valence-corrected chi connectivity index (χ3v) is 2.14. The molecule has 0 aliphatic heterocycles. The summed E-state index contributed by atoms with van der Waals surface area (Å²) in [7, 11) is 1.44. The van der Waals surface area contributed by atoms with Crippen LogP contribution in [0, 0.1) is 10.1 Å². The Hall–Kier alpha value is -0.980. The summed E-state index contributed by atoms with van der Waals surface area (Å²) in [6.07, 6.45) is 0. The predicted octanol–water partition coefficient (Wildman–Crippen LogP) is 2.18. The molecule has 1 rings (SSSR count). The van der Waals surface area contributed by atoms with Gasteiger partial charge in [-0.25, -0.2) is 0 Å². The summed E-state index contributed by atoms with van der Waals surface area (Å²) in [5, 5.41) is 20.5. The summed E-state index contributed by atoms with van der Waals surface area (Å²) in [5.41, 5.74) is 0.475. The molecule has 1 aromatic carbocycles. The van der Waals surface area contributed by atoms with Crippen molar-refractivity contribution in [1.29, 1.82) is 0 Å². The SMILES string of the molecule is CN(O)Cc1ccc(Br)cc1[N+](=O)[O-]. The first-order chi connectivity index (χ1) is 6.50. The van der Waals surface area contributed by atoms with Crippen LogP contribution in [0.4, 0.5) is 5.69 Å². The minimum Gasteiger partial charge on any atom is -0.314 e. The zero-order chi connectivity index (χ0) is 10.7. The van der Waals surface area contributed by atoms with Crippen molar-refractivity contribution >= 4 is 21.6 Å². The molecule has 0 amide bonds. The largest absolute Gasteiger partial charge is 0.314 e. The van der Waals surface area contributed by atoms with Crippen LogP contribution >= 0.6 is 15.9 Å². The Morgan fingerprint density at radius 1 is 1.64 bits per heavy atom. The van der Waals surface area contributed by atoms with E-state index in [9.17, 15) is 10.1 Å². The zero-order valence-electron chi connectivity index (χ0n) is 7.48. The molecule has 0 fully saturated rings. The van der Waals surface area contributed by atoms with E-state index in [4.69, 9.17) is 5.21 Å². The summed E-state index contributed by atoms with van der Waals surface area (Å²) in [6, 6.07) is 4.72. The highest BCUT2D eigenvalue weighted by molar-refractivity contribution is 9.10. The minimum atomic E-state index is -0.469. The number of nitro benzene ring substituents is 1. The van der Waals surface area contributed by atoms with E-state index in [1.165, 1.54) is 13.1 Å². The summed E-state index contributed by atoms with van der Waals surface area (Å²) in [5.74, 6) is 0. The number of hydrogen-bond acceptors (Lipinski definition) is 4. The van der Waals surface area contributed by atoms with Crippen molar-refractivity contribution in [2.24, 2.45) is 0 Å². The van der Waals surface area contributed by atoms with Crippen LogP contribution in [-0.4, -0.2) is 22.2 Å². The van der Waals surface area contributed by atoms with Crippen molar-refractivity contribution in [3.05, 3.63) is 38.3 Å². The molecule has 0 aromatic heterocycles. The lowest BCUT2D eigenvalue weighted by Crippen LogP contribution is -2.12. The van der Waals surface area contributed by atoms with Gasteiger partial charge in [-0.1, -0.05) is 15.9 Å². The maximum absolute atomic E-state index is 10.6. The molecule has 0 heterocycles. The molecule has 1 aromatic rings. The van der Waals surface area contributed by atoms with Crippen LogP contribution in [-0.2, 0) is 6.54 Å². The molecule has 76 valence electrons. The normalized spacial score (nSPS) is 10.6. The van der Waals surface area contributed by atoms with E-state index >= 15 is 0 Å². The van der Waals surface area contributed by atoms with E-state index < -0.39 is 4.92 Å². The van der Waals surface area contributed by atoms with Crippen molar-refractivity contribution in [2.45, 2.75) is 6.54 Å². The van der Waals surface area contributed by atoms with Crippen LogP contribution in [0.15, 0.2) is 22.7 Å². The lowest BCUT2D eigenvalue weighted by Gasteiger charge is -2.08. The summed E-state index contributed by atoms with van der Waals surface area (Å²) in [4.78, 5) is 10.2. The molecule has 14 heavy (non-hydrogen) atoms. The van der Waals surface area contributed by atoms with Gasteiger partial charge in [-0.05, 0) is 12.1 Å². The van der Waals surface area contributed by atoms with E-state index in [0.29, 0.717) is 10.0 Å². The second kappa shape index (κ2) is 4.50. The lowest BCUT2D eigenvalue weighted by molar-refractivity contribution is -0.386. The average molecular weight is 261 g/mol. The standard InChI is InChI=1S/C8H9BrN2O3/c1-10(12)5-6-2-3-7(9)4-8(6)11(13)14/h2-4,12H,5H2,1H3. The van der Waals surface area contributed by atoms with Crippen molar-refractivity contribution in [2.75, 3.05) is 7.05 Å². The van der Waals surface area contributed by atoms with Gasteiger partial charge in [0, 0.05) is 23.2 Å². The average Bonchev–Trinajstić information content (AvgIpc) is 2.07. The third-order valence-electron chi connectivity index (χ3n) is 1.64. The number of benzene rings is 1. The molecule has 0 atom stereocenters. The fourth-order valence-electron chi connectivity index (χ4n) is 1.09. The van der Waals surface area contributed by atoms with Crippen molar-refractivity contribution in [3.63, 3.8) is 0 Å². The first-order valence-electron chi connectivity index (χ1n) is 3.83. The monoisotopic (exact) mass is 260 g/mol. The Balaban J connectivity index is 3.08. The first kappa shape index (κ1) is 11.1. The molecule has 5 nitrogen and oxygen atoms in total. The van der Waals surface area contributed by atoms with Gasteiger partial charge in [0.15, 0.2) is 0 Å². The van der Waals surface area contributed by atoms with Crippen molar-refractivity contribution < 1.29 is 10.1 Å². The molecule has 1 N–H and O–H groups in total. The van der Waals surface area contributed by atoms with E-state index in [-0.39, 0.29) is 12.2 Å². The molecule has 0 aliphatic rings. The fraction of sp³-hybridized carbons (Fsp3) is 0.250. The molecule has 6 heteroatoms. The molecule has 0 saturated heterocycles. The smallest absolute Gasteiger partial charge is 0.275 e. The maximum Gasteiger partial charge on any atom is 0.275 e. The van der Waals surface area contributed by atoms with Crippen LogP contribution < -0.4 is 0 Å². The molecule has 0 spiro atoms. The van der Waals surface area contributed by atoms with Crippen LogP contribution in [0.1, 0.15) is 5.56 Å². The summed E-state index contributed by atoms with van der Waals surface area (Å²) >= 11 is 3.15. The molecule has 0 aliphatic carbocycles. The minimum absolute atomic E-state index is 0.000255. The number of nitrogens with zero attached hydrogens (tertiary/aromatic N) is 2. The Kier molecular flexibility index (Phi) is 3.56. The summed E-state index contributed by atoms with van der Waals surface area (Å²) in [6.45, 7) is 0.129. The Morgan fingerprint density at radius 3 is 2.79 bits per heavy atom. The van der Waals surface area contributed by atoms with Crippen molar-refractivity contribution in [1.82, 2.24) is 5.06 Å². The van der Waals surface area contributed by atoms with E-state index in [2.05, 4.69) is 15.9 Å². The second-order valence-electron chi connectivity index (χ2n) is 2.85. The number of rotatable bonds is 3. The van der Waals surface area contributed by atoms with Crippen LogP contribution in [0.2, 0.25) is 0 Å².